The lowest BCUT2D eigenvalue weighted by atomic mass is 9.95. The molecule has 0 saturated carbocycles. The molecule has 2 fully saturated rings. The van der Waals surface area contributed by atoms with Gasteiger partial charge < -0.3 is 9.80 Å². The molecule has 9 nitrogen and oxygen atoms in total. The minimum atomic E-state index is -4.16. The molecule has 1 N–H and O–H groups in total. The number of alkyl halides is 3. The molecule has 2 aliphatic heterocycles. The van der Waals surface area contributed by atoms with Crippen LogP contribution in [0, 0.1) is 5.92 Å². The average Bonchev–Trinajstić information content (AvgIpc) is 3.27. The number of nitrogens with zero attached hydrogens (tertiary/aromatic N) is 5. The van der Waals surface area contributed by atoms with Crippen LogP contribution in [0.4, 0.5) is 29.5 Å². The predicted octanol–water partition coefficient (Wildman–Crippen LogP) is 3.86. The normalized spacial score (nSPS) is 20.3. The number of halogens is 4. The molecule has 204 valence electrons. The third-order valence-electron chi connectivity index (χ3n) is 6.81. The van der Waals surface area contributed by atoms with Crippen molar-refractivity contribution in [3.05, 3.63) is 41.0 Å². The van der Waals surface area contributed by atoms with Crippen LogP contribution < -0.4 is 9.62 Å². The number of amides is 1. The van der Waals surface area contributed by atoms with Crippen LogP contribution in [0.1, 0.15) is 25.3 Å². The van der Waals surface area contributed by atoms with E-state index in [0.717, 1.165) is 22.2 Å². The van der Waals surface area contributed by atoms with Crippen molar-refractivity contribution in [3.8, 4) is 0 Å². The van der Waals surface area contributed by atoms with Gasteiger partial charge in [-0.05, 0) is 37.5 Å². The van der Waals surface area contributed by atoms with E-state index in [1.54, 1.807) is 11.0 Å². The maximum atomic E-state index is 13.0. The number of sulfonamides is 1. The van der Waals surface area contributed by atoms with Gasteiger partial charge in [-0.3, -0.25) is 9.62 Å². The molecular formula is C23H30ClF3N6O3S. The zero-order valence-electron chi connectivity index (χ0n) is 20.6. The van der Waals surface area contributed by atoms with E-state index in [1.165, 1.54) is 12.3 Å². The van der Waals surface area contributed by atoms with Gasteiger partial charge in [0.15, 0.2) is 5.82 Å². The van der Waals surface area contributed by atoms with Gasteiger partial charge in [0, 0.05) is 57.6 Å². The molecular weight excluding hydrogens is 533 g/mol. The summed E-state index contributed by atoms with van der Waals surface area (Å²) in [5.74, 6) is -1.20. The minimum absolute atomic E-state index is 0.0311. The molecule has 3 heterocycles. The number of benzene rings is 1. The fourth-order valence-corrected chi connectivity index (χ4v) is 5.53. The second kappa shape index (κ2) is 10.7. The lowest BCUT2D eigenvalue weighted by molar-refractivity contribution is -0.179. The molecule has 1 atom stereocenters. The Balaban J connectivity index is 1.35. The van der Waals surface area contributed by atoms with Crippen molar-refractivity contribution in [2.24, 2.45) is 5.92 Å². The Hall–Kier alpha value is -2.51. The van der Waals surface area contributed by atoms with E-state index in [0.29, 0.717) is 44.3 Å². The van der Waals surface area contributed by atoms with Crippen molar-refractivity contribution in [1.82, 2.24) is 19.6 Å². The van der Waals surface area contributed by atoms with Crippen molar-refractivity contribution in [3.63, 3.8) is 0 Å². The fourth-order valence-electron chi connectivity index (χ4n) is 4.80. The number of aromatic nitrogens is 2. The third kappa shape index (κ3) is 6.88. The predicted molar refractivity (Wildman–Crippen MR) is 135 cm³/mol. The smallest absolute Gasteiger partial charge is 0.370 e. The SMILES string of the molecule is C[C@H]1CN(C(=O)n2ccc(NS(C)(=O)=O)n2)CCN1Cc1ccc(Cl)c(N2CCC(C(F)(F)F)CC2)c1. The zero-order valence-corrected chi connectivity index (χ0v) is 22.2. The monoisotopic (exact) mass is 562 g/mol. The van der Waals surface area contributed by atoms with Gasteiger partial charge in [-0.25, -0.2) is 13.2 Å². The molecule has 0 aliphatic carbocycles. The van der Waals surface area contributed by atoms with Crippen molar-refractivity contribution >= 4 is 39.2 Å². The molecule has 2 saturated heterocycles. The lowest BCUT2D eigenvalue weighted by Gasteiger charge is -2.40. The van der Waals surface area contributed by atoms with E-state index in [4.69, 9.17) is 11.6 Å². The summed E-state index contributed by atoms with van der Waals surface area (Å²) in [6.07, 6.45) is -1.63. The first-order valence-electron chi connectivity index (χ1n) is 12.0. The summed E-state index contributed by atoms with van der Waals surface area (Å²) >= 11 is 6.41. The Bertz CT molecular complexity index is 1230. The van der Waals surface area contributed by atoms with Crippen LogP contribution in [0.2, 0.25) is 5.02 Å². The molecule has 4 rings (SSSR count). The molecule has 0 spiro atoms. The molecule has 1 amide bonds. The average molecular weight is 563 g/mol. The first-order chi connectivity index (χ1) is 17.3. The van der Waals surface area contributed by atoms with Gasteiger partial charge in [-0.15, -0.1) is 5.10 Å². The number of carbonyl (C=O) groups is 1. The van der Waals surface area contributed by atoms with Gasteiger partial charge >= 0.3 is 12.2 Å². The van der Waals surface area contributed by atoms with Gasteiger partial charge in [0.25, 0.3) is 0 Å². The molecule has 37 heavy (non-hydrogen) atoms. The Morgan fingerprint density at radius 2 is 1.86 bits per heavy atom. The van der Waals surface area contributed by atoms with Crippen LogP contribution in [-0.2, 0) is 16.6 Å². The van der Waals surface area contributed by atoms with Crippen molar-refractivity contribution < 1.29 is 26.4 Å². The van der Waals surface area contributed by atoms with Gasteiger partial charge in [0.05, 0.1) is 22.9 Å². The Kier molecular flexibility index (Phi) is 7.96. The zero-order chi connectivity index (χ0) is 27.0. The van der Waals surface area contributed by atoms with E-state index >= 15 is 0 Å². The van der Waals surface area contributed by atoms with Crippen LogP contribution in [0.15, 0.2) is 30.5 Å². The summed E-state index contributed by atoms with van der Waals surface area (Å²) in [5.41, 5.74) is 1.74. The van der Waals surface area contributed by atoms with Gasteiger partial charge in [0.2, 0.25) is 10.0 Å². The largest absolute Gasteiger partial charge is 0.391 e. The van der Waals surface area contributed by atoms with Crippen molar-refractivity contribution in [2.45, 2.75) is 38.5 Å². The highest BCUT2D eigenvalue weighted by molar-refractivity contribution is 7.92. The van der Waals surface area contributed by atoms with Gasteiger partial charge in [0.1, 0.15) is 0 Å². The summed E-state index contributed by atoms with van der Waals surface area (Å²) in [7, 11) is -3.50. The van der Waals surface area contributed by atoms with E-state index in [2.05, 4.69) is 14.7 Å². The van der Waals surface area contributed by atoms with Gasteiger partial charge in [-0.2, -0.15) is 17.9 Å². The molecule has 0 unspecified atom stereocenters. The first-order valence-corrected chi connectivity index (χ1v) is 14.2. The molecule has 2 aliphatic rings. The van der Waals surface area contributed by atoms with Crippen molar-refractivity contribution in [2.75, 3.05) is 48.6 Å². The van der Waals surface area contributed by atoms with Crippen LogP contribution >= 0.6 is 11.6 Å². The summed E-state index contributed by atoms with van der Waals surface area (Å²) in [6, 6.07) is 6.75. The first kappa shape index (κ1) is 27.5. The number of anilines is 2. The molecule has 1 aromatic heterocycles. The number of hydrogen-bond donors (Lipinski definition) is 1. The van der Waals surface area contributed by atoms with E-state index in [-0.39, 0.29) is 30.7 Å². The van der Waals surface area contributed by atoms with Crippen molar-refractivity contribution in [1.29, 1.82) is 0 Å². The molecule has 0 bridgehead atoms. The molecule has 14 heteroatoms. The van der Waals surface area contributed by atoms with Crippen LogP contribution in [0.5, 0.6) is 0 Å². The highest BCUT2D eigenvalue weighted by Gasteiger charge is 2.41. The molecule has 2 aromatic rings. The van der Waals surface area contributed by atoms with E-state index < -0.39 is 22.1 Å². The minimum Gasteiger partial charge on any atom is -0.370 e. The third-order valence-corrected chi connectivity index (χ3v) is 7.70. The van der Waals surface area contributed by atoms with E-state index in [1.807, 2.05) is 24.0 Å². The summed E-state index contributed by atoms with van der Waals surface area (Å²) in [4.78, 5) is 18.7. The Morgan fingerprint density at radius 3 is 2.49 bits per heavy atom. The van der Waals surface area contributed by atoms with Gasteiger partial charge in [-0.1, -0.05) is 17.7 Å². The topological polar surface area (TPSA) is 90.8 Å². The number of nitrogens with one attached hydrogen (secondary N) is 1. The summed E-state index contributed by atoms with van der Waals surface area (Å²) in [6.45, 7) is 4.76. The molecule has 0 radical (unpaired) electrons. The fraction of sp³-hybridized carbons (Fsp3) is 0.565. The quantitative estimate of drug-likeness (QED) is 0.595. The highest BCUT2D eigenvalue weighted by Crippen LogP contribution is 2.37. The van der Waals surface area contributed by atoms with E-state index in [9.17, 15) is 26.4 Å². The Labute approximate surface area is 219 Å². The molecule has 1 aromatic carbocycles. The number of piperazine rings is 1. The number of rotatable bonds is 5. The Morgan fingerprint density at radius 1 is 1.16 bits per heavy atom. The maximum Gasteiger partial charge on any atom is 0.391 e. The second-order valence-electron chi connectivity index (χ2n) is 9.66. The summed E-state index contributed by atoms with van der Waals surface area (Å²) < 4.78 is 65.2. The highest BCUT2D eigenvalue weighted by atomic mass is 35.5. The number of piperidine rings is 1. The standard InChI is InChI=1S/C23H30ClF3N6O3S/c1-16-14-32(22(34)33-10-7-21(28-33)29-37(2,35)36)12-11-31(16)15-17-3-4-19(24)20(13-17)30-8-5-18(6-9-30)23(25,26)27/h3-4,7,10,13,16,18H,5-6,8-9,11-12,14-15H2,1-2H3,(H,28,29)/t16-/m0/s1. The number of carbonyl (C=O) groups excluding carboxylic acids is 1. The summed E-state index contributed by atoms with van der Waals surface area (Å²) in [5, 5.41) is 4.52. The maximum absolute atomic E-state index is 13.0. The van der Waals surface area contributed by atoms with Crippen LogP contribution in [-0.4, -0.2) is 85.2 Å². The number of hydrogen-bond acceptors (Lipinski definition) is 6. The van der Waals surface area contributed by atoms with Crippen LogP contribution in [0.25, 0.3) is 0 Å². The lowest BCUT2D eigenvalue weighted by Crippen LogP contribution is -2.54. The van der Waals surface area contributed by atoms with Crippen LogP contribution in [0.3, 0.4) is 0 Å². The second-order valence-corrected chi connectivity index (χ2v) is 11.8.